The quantitative estimate of drug-likeness (QED) is 0.218. The highest BCUT2D eigenvalue weighted by Gasteiger charge is 2.13. The van der Waals surface area contributed by atoms with Crippen molar-refractivity contribution >= 4 is 15.4 Å². The Morgan fingerprint density at radius 1 is 0.694 bits per heavy atom. The molecule has 182 valence electrons. The van der Waals surface area contributed by atoms with Gasteiger partial charge in [-0.25, -0.2) is 8.42 Å². The summed E-state index contributed by atoms with van der Waals surface area (Å²) in [6.45, 7) is 0.667. The fourth-order valence-corrected chi connectivity index (χ4v) is 4.57. The lowest BCUT2D eigenvalue weighted by Gasteiger charge is -2.17. The van der Waals surface area contributed by atoms with Crippen LogP contribution in [-0.4, -0.2) is 21.1 Å². The van der Waals surface area contributed by atoms with Crippen LogP contribution in [0.25, 0.3) is 5.57 Å². The Bertz CT molecular complexity index is 1320. The summed E-state index contributed by atoms with van der Waals surface area (Å²) in [6, 6.07) is 38.2. The van der Waals surface area contributed by atoms with E-state index < -0.39 is 15.9 Å². The fourth-order valence-electron chi connectivity index (χ4n) is 3.67. The minimum absolute atomic E-state index is 0.214. The Hall–Kier alpha value is -3.93. The van der Waals surface area contributed by atoms with Crippen LogP contribution in [0.1, 0.15) is 16.7 Å². The lowest BCUT2D eigenvalue weighted by atomic mass is 9.96. The highest BCUT2D eigenvalue weighted by Crippen LogP contribution is 2.25. The van der Waals surface area contributed by atoms with Gasteiger partial charge in [-0.15, -0.1) is 0 Å². The summed E-state index contributed by atoms with van der Waals surface area (Å²) in [6.07, 6.45) is 2.70. The molecule has 5 heteroatoms. The highest BCUT2D eigenvalue weighted by molar-refractivity contribution is 7.94. The van der Waals surface area contributed by atoms with Crippen LogP contribution < -0.4 is 0 Å². The lowest BCUT2D eigenvalue weighted by molar-refractivity contribution is 0.0423. The molecular weight excluding hydrogens is 468 g/mol. The van der Waals surface area contributed by atoms with Crippen molar-refractivity contribution in [1.29, 1.82) is 0 Å². The van der Waals surface area contributed by atoms with Gasteiger partial charge in [0.2, 0.25) is 9.84 Å². The molecule has 0 spiro atoms. The van der Waals surface area contributed by atoms with Crippen molar-refractivity contribution in [2.75, 3.05) is 6.61 Å². The van der Waals surface area contributed by atoms with Crippen LogP contribution in [0.5, 0.6) is 0 Å². The molecule has 0 aliphatic heterocycles. The largest absolute Gasteiger partial charge is 0.491 e. The van der Waals surface area contributed by atoms with Crippen molar-refractivity contribution in [3.63, 3.8) is 0 Å². The zero-order valence-electron chi connectivity index (χ0n) is 19.8. The minimum atomic E-state index is -3.62. The average Bonchev–Trinajstić information content (AvgIpc) is 2.93. The number of ether oxygens (including phenoxy) is 2. The van der Waals surface area contributed by atoms with Crippen LogP contribution in [-0.2, 0) is 25.9 Å². The van der Waals surface area contributed by atoms with Gasteiger partial charge in [-0.3, -0.25) is 0 Å². The Labute approximate surface area is 213 Å². The molecular formula is C31H28O4S. The zero-order valence-corrected chi connectivity index (χ0v) is 20.6. The zero-order chi connectivity index (χ0) is 25.1. The van der Waals surface area contributed by atoms with Gasteiger partial charge in [-0.1, -0.05) is 109 Å². The molecule has 0 heterocycles. The van der Waals surface area contributed by atoms with Gasteiger partial charge < -0.3 is 9.47 Å². The minimum Gasteiger partial charge on any atom is -0.491 e. The van der Waals surface area contributed by atoms with E-state index in [1.807, 2.05) is 97.1 Å². The third-order valence-electron chi connectivity index (χ3n) is 5.48. The first kappa shape index (κ1) is 25.2. The van der Waals surface area contributed by atoms with Crippen LogP contribution in [0.2, 0.25) is 0 Å². The van der Waals surface area contributed by atoms with E-state index in [-0.39, 0.29) is 11.5 Å². The molecule has 0 saturated carbocycles. The summed E-state index contributed by atoms with van der Waals surface area (Å²) in [5.74, 6) is 0. The maximum absolute atomic E-state index is 12.7. The second-order valence-corrected chi connectivity index (χ2v) is 9.95. The average molecular weight is 497 g/mol. The van der Waals surface area contributed by atoms with E-state index in [9.17, 15) is 8.42 Å². The van der Waals surface area contributed by atoms with Crippen LogP contribution in [0.15, 0.2) is 144 Å². The molecule has 0 radical (unpaired) electrons. The predicted octanol–water partition coefficient (Wildman–Crippen LogP) is 6.67. The van der Waals surface area contributed by atoms with Gasteiger partial charge >= 0.3 is 0 Å². The standard InChI is InChI=1S/C31H28O4S/c32-36(33,30-19-11-4-12-20-30)22-21-35-29(25-34-24-26-13-5-1-6-14-26)23-31(27-15-7-2-8-16-27)28-17-9-3-10-18-28/h1-23,29H,24-25H2/b22-21+. The number of hydrogen-bond donors (Lipinski definition) is 0. The fraction of sp³-hybridized carbons (Fsp3) is 0.0968. The van der Waals surface area contributed by atoms with Crippen molar-refractivity contribution in [3.8, 4) is 0 Å². The molecule has 4 aromatic rings. The maximum Gasteiger partial charge on any atom is 0.202 e. The van der Waals surface area contributed by atoms with E-state index in [1.165, 1.54) is 6.26 Å². The topological polar surface area (TPSA) is 52.6 Å². The third kappa shape index (κ3) is 7.28. The van der Waals surface area contributed by atoms with Crippen molar-refractivity contribution in [2.24, 2.45) is 0 Å². The normalized spacial score (nSPS) is 12.2. The van der Waals surface area contributed by atoms with Crippen molar-refractivity contribution in [2.45, 2.75) is 17.6 Å². The van der Waals surface area contributed by atoms with Crippen LogP contribution in [0, 0.1) is 0 Å². The third-order valence-corrected chi connectivity index (χ3v) is 6.87. The van der Waals surface area contributed by atoms with Crippen LogP contribution >= 0.6 is 0 Å². The number of hydrogen-bond acceptors (Lipinski definition) is 4. The molecule has 0 aromatic heterocycles. The lowest BCUT2D eigenvalue weighted by Crippen LogP contribution is -2.16. The molecule has 0 saturated heterocycles. The molecule has 4 nitrogen and oxygen atoms in total. The molecule has 0 aliphatic carbocycles. The SMILES string of the molecule is O=S(=O)(/C=C/OC(C=C(c1ccccc1)c1ccccc1)COCc1ccccc1)c1ccccc1. The second kappa shape index (κ2) is 12.7. The van der Waals surface area contributed by atoms with Crippen LogP contribution in [0.4, 0.5) is 0 Å². The van der Waals surface area contributed by atoms with E-state index in [0.717, 1.165) is 27.7 Å². The Kier molecular flexibility index (Phi) is 8.87. The van der Waals surface area contributed by atoms with Gasteiger partial charge in [0.1, 0.15) is 6.10 Å². The summed E-state index contributed by atoms with van der Waals surface area (Å²) in [5.41, 5.74) is 4.08. The Morgan fingerprint density at radius 2 is 1.19 bits per heavy atom. The summed E-state index contributed by atoms with van der Waals surface area (Å²) in [7, 11) is -3.62. The van der Waals surface area contributed by atoms with E-state index >= 15 is 0 Å². The second-order valence-electron chi connectivity index (χ2n) is 8.12. The van der Waals surface area contributed by atoms with Crippen molar-refractivity contribution in [1.82, 2.24) is 0 Å². The van der Waals surface area contributed by atoms with Gasteiger partial charge in [0, 0.05) is 0 Å². The predicted molar refractivity (Wildman–Crippen MR) is 144 cm³/mol. The summed E-state index contributed by atoms with van der Waals surface area (Å²) in [5, 5.41) is 1.09. The molecule has 1 unspecified atom stereocenters. The van der Waals surface area contributed by atoms with E-state index in [1.54, 1.807) is 30.3 Å². The first-order valence-electron chi connectivity index (χ1n) is 11.7. The summed E-state index contributed by atoms with van der Waals surface area (Å²) < 4.78 is 37.2. The molecule has 36 heavy (non-hydrogen) atoms. The molecule has 0 aliphatic rings. The highest BCUT2D eigenvalue weighted by atomic mass is 32.2. The number of rotatable bonds is 11. The molecule has 0 amide bonds. The summed E-state index contributed by atoms with van der Waals surface area (Å²) in [4.78, 5) is 0.214. The van der Waals surface area contributed by atoms with Crippen molar-refractivity contribution in [3.05, 3.63) is 156 Å². The molecule has 4 aromatic carbocycles. The number of benzene rings is 4. The molecule has 0 fully saturated rings. The van der Waals surface area contributed by atoms with Gasteiger partial charge in [-0.2, -0.15) is 0 Å². The van der Waals surface area contributed by atoms with Crippen LogP contribution in [0.3, 0.4) is 0 Å². The Balaban J connectivity index is 1.60. The maximum atomic E-state index is 12.7. The molecule has 4 rings (SSSR count). The smallest absolute Gasteiger partial charge is 0.202 e. The number of sulfone groups is 1. The van der Waals surface area contributed by atoms with E-state index in [4.69, 9.17) is 9.47 Å². The monoisotopic (exact) mass is 496 g/mol. The van der Waals surface area contributed by atoms with Gasteiger partial charge in [-0.05, 0) is 40.5 Å². The van der Waals surface area contributed by atoms with E-state index in [2.05, 4.69) is 0 Å². The summed E-state index contributed by atoms with van der Waals surface area (Å²) >= 11 is 0. The molecule has 1 atom stereocenters. The first-order valence-corrected chi connectivity index (χ1v) is 13.2. The first-order chi connectivity index (χ1) is 17.6. The van der Waals surface area contributed by atoms with Crippen molar-refractivity contribution < 1.29 is 17.9 Å². The van der Waals surface area contributed by atoms with Gasteiger partial charge in [0.15, 0.2) is 0 Å². The Morgan fingerprint density at radius 3 is 1.75 bits per heavy atom. The molecule has 0 bridgehead atoms. The van der Waals surface area contributed by atoms with Gasteiger partial charge in [0.05, 0.1) is 29.8 Å². The van der Waals surface area contributed by atoms with E-state index in [0.29, 0.717) is 6.61 Å². The molecule has 0 N–H and O–H groups in total. The van der Waals surface area contributed by atoms with Gasteiger partial charge in [0.25, 0.3) is 0 Å².